The van der Waals surface area contributed by atoms with Gasteiger partial charge in [-0.15, -0.1) is 0 Å². The molecule has 0 aliphatic rings. The molecule has 2 heteroatoms. The third kappa shape index (κ3) is 4.19. The van der Waals surface area contributed by atoms with Crippen molar-refractivity contribution in [2.75, 3.05) is 0 Å². The quantitative estimate of drug-likeness (QED) is 0.748. The van der Waals surface area contributed by atoms with Gasteiger partial charge in [0.15, 0.2) is 0 Å². The second-order valence-electron chi connectivity index (χ2n) is 5.23. The van der Waals surface area contributed by atoms with Crippen LogP contribution in [-0.2, 0) is 6.54 Å². The minimum Gasteiger partial charge on any atom is -0.306 e. The first-order valence-electron chi connectivity index (χ1n) is 7.24. The van der Waals surface area contributed by atoms with Gasteiger partial charge in [0.1, 0.15) is 0 Å². The van der Waals surface area contributed by atoms with Crippen LogP contribution in [-0.4, -0.2) is 0 Å². The van der Waals surface area contributed by atoms with Crippen molar-refractivity contribution in [3.63, 3.8) is 0 Å². The molecule has 0 aliphatic carbocycles. The Labute approximate surface area is 130 Å². The lowest BCUT2D eigenvalue weighted by Crippen LogP contribution is -2.21. The van der Waals surface area contributed by atoms with Gasteiger partial charge in [-0.3, -0.25) is 0 Å². The fourth-order valence-electron chi connectivity index (χ4n) is 2.39. The first-order valence-corrected chi connectivity index (χ1v) is 8.03. The van der Waals surface area contributed by atoms with Crippen LogP contribution in [0.2, 0.25) is 0 Å². The topological polar surface area (TPSA) is 12.0 Å². The van der Waals surface area contributed by atoms with E-state index in [1.807, 2.05) is 0 Å². The molecule has 1 nitrogen and oxygen atoms in total. The van der Waals surface area contributed by atoms with Gasteiger partial charge >= 0.3 is 0 Å². The van der Waals surface area contributed by atoms with Crippen LogP contribution in [0.15, 0.2) is 53.0 Å². The third-order valence-corrected chi connectivity index (χ3v) is 4.26. The van der Waals surface area contributed by atoms with Crippen LogP contribution in [0.1, 0.15) is 42.5 Å². The van der Waals surface area contributed by atoms with Crippen LogP contribution in [0.5, 0.6) is 0 Å². The number of nitrogens with one attached hydrogen (secondary N) is 1. The molecule has 0 spiro atoms. The molecule has 2 aromatic rings. The highest BCUT2D eigenvalue weighted by Crippen LogP contribution is 2.22. The van der Waals surface area contributed by atoms with E-state index in [1.165, 1.54) is 27.6 Å². The number of hydrogen-bond acceptors (Lipinski definition) is 1. The minimum atomic E-state index is 0.425. The number of benzene rings is 2. The smallest absolute Gasteiger partial charge is 0.0323 e. The van der Waals surface area contributed by atoms with Crippen molar-refractivity contribution in [1.82, 2.24) is 5.32 Å². The number of aryl methyl sites for hydroxylation is 1. The Balaban J connectivity index is 2.06. The highest BCUT2D eigenvalue weighted by atomic mass is 79.9. The molecular formula is C18H22BrN. The predicted octanol–water partition coefficient (Wildman–Crippen LogP) is 5.39. The number of rotatable bonds is 6. The Kier molecular flexibility index (Phi) is 5.81. The molecule has 2 aromatic carbocycles. The van der Waals surface area contributed by atoms with Crippen molar-refractivity contribution in [3.05, 3.63) is 69.7 Å². The van der Waals surface area contributed by atoms with E-state index in [4.69, 9.17) is 0 Å². The van der Waals surface area contributed by atoms with Crippen LogP contribution in [0.25, 0.3) is 0 Å². The SMILES string of the molecule is CCCC(NCc1ccc(C)cc1Br)c1ccccc1. The van der Waals surface area contributed by atoms with Crippen LogP contribution in [0.4, 0.5) is 0 Å². The standard InChI is InChI=1S/C18H22BrN/c1-3-7-18(15-8-5-4-6-9-15)20-13-16-11-10-14(2)12-17(16)19/h4-6,8-12,18,20H,3,7,13H2,1-2H3. The lowest BCUT2D eigenvalue weighted by atomic mass is 10.0. The molecule has 20 heavy (non-hydrogen) atoms. The van der Waals surface area contributed by atoms with Crippen LogP contribution in [0, 0.1) is 6.92 Å². The Morgan fingerprint density at radius 3 is 2.50 bits per heavy atom. The number of hydrogen-bond donors (Lipinski definition) is 1. The van der Waals surface area contributed by atoms with Crippen molar-refractivity contribution in [1.29, 1.82) is 0 Å². The monoisotopic (exact) mass is 331 g/mol. The highest BCUT2D eigenvalue weighted by molar-refractivity contribution is 9.10. The summed E-state index contributed by atoms with van der Waals surface area (Å²) in [5, 5.41) is 3.68. The summed E-state index contributed by atoms with van der Waals surface area (Å²) in [7, 11) is 0. The molecule has 0 amide bonds. The van der Waals surface area contributed by atoms with Gasteiger partial charge in [-0.25, -0.2) is 0 Å². The molecule has 106 valence electrons. The molecule has 1 atom stereocenters. The predicted molar refractivity (Wildman–Crippen MR) is 89.8 cm³/mol. The molecule has 0 saturated heterocycles. The van der Waals surface area contributed by atoms with Crippen molar-refractivity contribution < 1.29 is 0 Å². The molecule has 0 aromatic heterocycles. The molecule has 0 aliphatic heterocycles. The van der Waals surface area contributed by atoms with E-state index in [0.29, 0.717) is 6.04 Å². The maximum absolute atomic E-state index is 3.68. The summed E-state index contributed by atoms with van der Waals surface area (Å²) in [5.41, 5.74) is 3.97. The van der Waals surface area contributed by atoms with E-state index in [1.54, 1.807) is 0 Å². The summed E-state index contributed by atoms with van der Waals surface area (Å²) in [6.45, 7) is 5.24. The molecule has 0 saturated carbocycles. The Morgan fingerprint density at radius 2 is 1.85 bits per heavy atom. The van der Waals surface area contributed by atoms with Gasteiger partial charge in [-0.1, -0.05) is 71.7 Å². The molecule has 0 fully saturated rings. The van der Waals surface area contributed by atoms with Gasteiger partial charge in [0.25, 0.3) is 0 Å². The normalized spacial score (nSPS) is 12.3. The van der Waals surface area contributed by atoms with Crippen molar-refractivity contribution in [2.24, 2.45) is 0 Å². The summed E-state index contributed by atoms with van der Waals surface area (Å²) >= 11 is 3.65. The summed E-state index contributed by atoms with van der Waals surface area (Å²) in [5.74, 6) is 0. The van der Waals surface area contributed by atoms with Crippen molar-refractivity contribution in [2.45, 2.75) is 39.3 Å². The van der Waals surface area contributed by atoms with E-state index in [9.17, 15) is 0 Å². The van der Waals surface area contributed by atoms with Crippen molar-refractivity contribution in [3.8, 4) is 0 Å². The van der Waals surface area contributed by atoms with Crippen LogP contribution >= 0.6 is 15.9 Å². The van der Waals surface area contributed by atoms with E-state index >= 15 is 0 Å². The van der Waals surface area contributed by atoms with E-state index in [0.717, 1.165) is 13.0 Å². The fraction of sp³-hybridized carbons (Fsp3) is 0.333. The molecule has 1 N–H and O–H groups in total. The van der Waals surface area contributed by atoms with Gasteiger partial charge in [0.05, 0.1) is 0 Å². The summed E-state index contributed by atoms with van der Waals surface area (Å²) in [6.07, 6.45) is 2.34. The average molecular weight is 332 g/mol. The third-order valence-electron chi connectivity index (χ3n) is 3.53. The second kappa shape index (κ2) is 7.61. The molecular weight excluding hydrogens is 310 g/mol. The average Bonchev–Trinajstić information content (AvgIpc) is 2.46. The Morgan fingerprint density at radius 1 is 1.10 bits per heavy atom. The molecule has 0 radical (unpaired) electrons. The van der Waals surface area contributed by atoms with Crippen LogP contribution < -0.4 is 5.32 Å². The maximum atomic E-state index is 3.68. The molecule has 0 heterocycles. The minimum absolute atomic E-state index is 0.425. The fourth-order valence-corrected chi connectivity index (χ4v) is 3.02. The van der Waals surface area contributed by atoms with Crippen molar-refractivity contribution >= 4 is 15.9 Å². The largest absolute Gasteiger partial charge is 0.306 e. The zero-order valence-electron chi connectivity index (χ0n) is 12.2. The Hall–Kier alpha value is -1.12. The zero-order chi connectivity index (χ0) is 14.4. The van der Waals surface area contributed by atoms with E-state index in [2.05, 4.69) is 83.6 Å². The zero-order valence-corrected chi connectivity index (χ0v) is 13.8. The maximum Gasteiger partial charge on any atom is 0.0323 e. The molecule has 1 unspecified atom stereocenters. The first-order chi connectivity index (χ1) is 9.70. The lowest BCUT2D eigenvalue weighted by molar-refractivity contribution is 0.493. The Bertz CT molecular complexity index is 536. The van der Waals surface area contributed by atoms with Gasteiger partial charge in [0.2, 0.25) is 0 Å². The van der Waals surface area contributed by atoms with Gasteiger partial charge in [0, 0.05) is 17.1 Å². The summed E-state index contributed by atoms with van der Waals surface area (Å²) in [6, 6.07) is 17.7. The van der Waals surface area contributed by atoms with E-state index < -0.39 is 0 Å². The van der Waals surface area contributed by atoms with Crippen LogP contribution in [0.3, 0.4) is 0 Å². The summed E-state index contributed by atoms with van der Waals surface area (Å²) < 4.78 is 1.19. The van der Waals surface area contributed by atoms with Gasteiger partial charge in [-0.2, -0.15) is 0 Å². The van der Waals surface area contributed by atoms with E-state index in [-0.39, 0.29) is 0 Å². The molecule has 0 bridgehead atoms. The molecule has 2 rings (SSSR count). The second-order valence-corrected chi connectivity index (χ2v) is 6.08. The lowest BCUT2D eigenvalue weighted by Gasteiger charge is -2.19. The van der Waals surface area contributed by atoms with Gasteiger partial charge < -0.3 is 5.32 Å². The summed E-state index contributed by atoms with van der Waals surface area (Å²) in [4.78, 5) is 0. The number of halogens is 1. The highest BCUT2D eigenvalue weighted by Gasteiger charge is 2.10. The van der Waals surface area contributed by atoms with Gasteiger partial charge in [-0.05, 0) is 36.1 Å². The first kappa shape index (κ1) is 15.3.